The minimum atomic E-state index is -0.610. The van der Waals surface area contributed by atoms with E-state index in [0.717, 1.165) is 44.2 Å². The number of aryl methyl sites for hydroxylation is 1. The molecule has 2 aromatic heterocycles. The summed E-state index contributed by atoms with van der Waals surface area (Å²) in [4.78, 5) is 22.0. The fraction of sp³-hybridized carbons (Fsp3) is 0.360. The summed E-state index contributed by atoms with van der Waals surface area (Å²) in [7, 11) is 0. The van der Waals surface area contributed by atoms with Crippen LogP contribution in [0.4, 0.5) is 10.2 Å². The van der Waals surface area contributed by atoms with Crippen molar-refractivity contribution in [2.45, 2.75) is 57.4 Å². The van der Waals surface area contributed by atoms with E-state index in [1.807, 2.05) is 10.8 Å². The number of rotatable bonds is 6. The van der Waals surface area contributed by atoms with Crippen molar-refractivity contribution >= 4 is 17.6 Å². The molecule has 3 aromatic rings. The monoisotopic (exact) mass is 476 g/mol. The Balaban J connectivity index is 1.37. The Hall–Kier alpha value is -3.79. The Morgan fingerprint density at radius 1 is 1.23 bits per heavy atom. The number of carbonyl (C=O) groups excluding carboxylic acids is 1. The lowest BCUT2D eigenvalue weighted by Crippen LogP contribution is -2.45. The van der Waals surface area contributed by atoms with Gasteiger partial charge in [0.15, 0.2) is 5.84 Å². The van der Waals surface area contributed by atoms with Crippen LogP contribution in [0.3, 0.4) is 0 Å². The third kappa shape index (κ3) is 4.74. The molecule has 1 aromatic carbocycles. The zero-order valence-electron chi connectivity index (χ0n) is 19.6. The van der Waals surface area contributed by atoms with Crippen LogP contribution in [-0.4, -0.2) is 37.3 Å². The summed E-state index contributed by atoms with van der Waals surface area (Å²) in [5.41, 5.74) is 2.77. The van der Waals surface area contributed by atoms with Gasteiger partial charge in [-0.05, 0) is 62.4 Å². The zero-order chi connectivity index (χ0) is 24.5. The molecule has 2 aliphatic rings. The van der Waals surface area contributed by atoms with E-state index >= 15 is 0 Å². The molecule has 0 atom stereocenters. The van der Waals surface area contributed by atoms with Gasteiger partial charge in [0.25, 0.3) is 5.91 Å². The first-order valence-electron chi connectivity index (χ1n) is 11.9. The van der Waals surface area contributed by atoms with Crippen LogP contribution in [0, 0.1) is 12.7 Å². The minimum absolute atomic E-state index is 0.0846. The van der Waals surface area contributed by atoms with Gasteiger partial charge < -0.3 is 15.7 Å². The molecular weight excluding hydrogens is 447 g/mol. The second-order valence-electron chi connectivity index (χ2n) is 9.26. The first-order valence-corrected chi connectivity index (χ1v) is 11.9. The largest absolute Gasteiger partial charge is 0.321 e. The van der Waals surface area contributed by atoms with Crippen molar-refractivity contribution in [2.75, 3.05) is 5.32 Å². The van der Waals surface area contributed by atoms with Crippen molar-refractivity contribution in [3.05, 3.63) is 71.2 Å². The Labute approximate surface area is 203 Å². The second kappa shape index (κ2) is 9.46. The highest BCUT2D eigenvalue weighted by atomic mass is 19.1. The standard InChI is InChI=1S/C25H29FN8O/c1-15-11-19(26)18(12-22(15)33-13-21(29-14-33)16-9-10-16)25(35)31-23-8-4-7-20(30-23)24(32-27)34(28)17-5-2-3-6-17/h4,7-8,11-14,16-17H,2-3,5-6,9-10,27-28H2,1H3,(H,30,31,35)/b32-24-. The number of halogens is 1. The number of hydrazone groups is 1. The number of carbonyl (C=O) groups is 1. The molecule has 0 spiro atoms. The van der Waals surface area contributed by atoms with Crippen LogP contribution in [0.15, 0.2) is 48.0 Å². The molecule has 2 saturated carbocycles. The highest BCUT2D eigenvalue weighted by Crippen LogP contribution is 2.39. The summed E-state index contributed by atoms with van der Waals surface area (Å²) in [6, 6.07) is 8.09. The van der Waals surface area contributed by atoms with E-state index < -0.39 is 11.7 Å². The number of amidine groups is 1. The lowest BCUT2D eigenvalue weighted by atomic mass is 10.1. The predicted molar refractivity (Wildman–Crippen MR) is 131 cm³/mol. The smallest absolute Gasteiger partial charge is 0.259 e. The van der Waals surface area contributed by atoms with Gasteiger partial charge in [-0.2, -0.15) is 5.10 Å². The number of hydrazine groups is 1. The van der Waals surface area contributed by atoms with E-state index in [1.54, 1.807) is 36.5 Å². The zero-order valence-corrected chi connectivity index (χ0v) is 19.6. The summed E-state index contributed by atoms with van der Waals surface area (Å²) in [6.45, 7) is 1.80. The summed E-state index contributed by atoms with van der Waals surface area (Å²) >= 11 is 0. The summed E-state index contributed by atoms with van der Waals surface area (Å²) in [5.74, 6) is 11.8. The van der Waals surface area contributed by atoms with Crippen LogP contribution >= 0.6 is 0 Å². The topological polar surface area (TPSA) is 127 Å². The third-order valence-corrected chi connectivity index (χ3v) is 6.71. The summed E-state index contributed by atoms with van der Waals surface area (Å²) in [5, 5.41) is 8.08. The molecule has 0 saturated heterocycles. The Morgan fingerprint density at radius 2 is 2.00 bits per heavy atom. The van der Waals surface area contributed by atoms with Gasteiger partial charge >= 0.3 is 0 Å². The van der Waals surface area contributed by atoms with Crippen molar-refractivity contribution in [1.29, 1.82) is 0 Å². The molecule has 0 bridgehead atoms. The normalized spacial score (nSPS) is 16.5. The maximum Gasteiger partial charge on any atom is 0.259 e. The quantitative estimate of drug-likeness (QED) is 0.216. The van der Waals surface area contributed by atoms with Gasteiger partial charge in [-0.1, -0.05) is 18.9 Å². The first-order chi connectivity index (χ1) is 16.9. The molecule has 182 valence electrons. The van der Waals surface area contributed by atoms with Crippen molar-refractivity contribution < 1.29 is 9.18 Å². The summed E-state index contributed by atoms with van der Waals surface area (Å²) in [6.07, 6.45) is 10.0. The van der Waals surface area contributed by atoms with Gasteiger partial charge in [-0.3, -0.25) is 9.80 Å². The molecule has 5 rings (SSSR count). The van der Waals surface area contributed by atoms with Crippen LogP contribution in [0.5, 0.6) is 0 Å². The van der Waals surface area contributed by atoms with Gasteiger partial charge in [0, 0.05) is 18.2 Å². The number of pyridine rings is 1. The van der Waals surface area contributed by atoms with Gasteiger partial charge in [0.05, 0.1) is 23.3 Å². The highest BCUT2D eigenvalue weighted by molar-refractivity contribution is 6.05. The number of hydrogen-bond acceptors (Lipinski definition) is 6. The average Bonchev–Trinajstić information content (AvgIpc) is 3.32. The van der Waals surface area contributed by atoms with Crippen molar-refractivity contribution in [1.82, 2.24) is 19.5 Å². The van der Waals surface area contributed by atoms with E-state index in [0.29, 0.717) is 28.7 Å². The predicted octanol–water partition coefficient (Wildman–Crippen LogP) is 3.58. The molecule has 2 aliphatic carbocycles. The molecule has 35 heavy (non-hydrogen) atoms. The maximum atomic E-state index is 14.8. The molecule has 2 heterocycles. The van der Waals surface area contributed by atoms with Gasteiger partial charge in [0.1, 0.15) is 17.3 Å². The maximum absolute atomic E-state index is 14.8. The molecule has 10 heteroatoms. The molecule has 0 radical (unpaired) electrons. The number of hydrogen-bond donors (Lipinski definition) is 3. The number of aromatic nitrogens is 3. The molecule has 5 N–H and O–H groups in total. The van der Waals surface area contributed by atoms with E-state index in [-0.39, 0.29) is 17.4 Å². The number of amides is 1. The average molecular weight is 477 g/mol. The highest BCUT2D eigenvalue weighted by Gasteiger charge is 2.27. The van der Waals surface area contributed by atoms with Gasteiger partial charge in [-0.25, -0.2) is 20.2 Å². The lowest BCUT2D eigenvalue weighted by molar-refractivity contribution is 0.102. The number of anilines is 1. The molecule has 1 amide bonds. The third-order valence-electron chi connectivity index (χ3n) is 6.71. The SMILES string of the molecule is Cc1cc(F)c(C(=O)Nc2cccc(/C(=N/N)N(N)C3CCCC3)n2)cc1-n1cnc(C2CC2)c1. The van der Waals surface area contributed by atoms with Crippen molar-refractivity contribution in [3.8, 4) is 5.69 Å². The van der Waals surface area contributed by atoms with Crippen LogP contribution in [0.2, 0.25) is 0 Å². The number of nitrogens with two attached hydrogens (primary N) is 2. The Morgan fingerprint density at radius 3 is 2.71 bits per heavy atom. The van der Waals surface area contributed by atoms with E-state index in [9.17, 15) is 9.18 Å². The second-order valence-corrected chi connectivity index (χ2v) is 9.26. The molecular formula is C25H29FN8O. The van der Waals surface area contributed by atoms with Crippen LogP contribution in [0.25, 0.3) is 5.69 Å². The fourth-order valence-electron chi connectivity index (χ4n) is 4.61. The van der Waals surface area contributed by atoms with E-state index in [1.165, 1.54) is 12.1 Å². The van der Waals surface area contributed by atoms with Crippen LogP contribution in [-0.2, 0) is 0 Å². The minimum Gasteiger partial charge on any atom is -0.321 e. The van der Waals surface area contributed by atoms with Crippen LogP contribution in [0.1, 0.15) is 71.8 Å². The molecule has 9 nitrogen and oxygen atoms in total. The molecule has 0 aliphatic heterocycles. The molecule has 2 fully saturated rings. The van der Waals surface area contributed by atoms with Crippen molar-refractivity contribution in [3.63, 3.8) is 0 Å². The number of nitrogens with zero attached hydrogens (tertiary/aromatic N) is 5. The lowest BCUT2D eigenvalue weighted by Gasteiger charge is -2.26. The van der Waals surface area contributed by atoms with Gasteiger partial charge in [-0.15, -0.1) is 0 Å². The Kier molecular flexibility index (Phi) is 6.21. The first kappa shape index (κ1) is 23.0. The van der Waals surface area contributed by atoms with Crippen LogP contribution < -0.4 is 17.0 Å². The van der Waals surface area contributed by atoms with Crippen molar-refractivity contribution in [2.24, 2.45) is 16.8 Å². The number of nitrogens with one attached hydrogen (secondary N) is 1. The van der Waals surface area contributed by atoms with E-state index in [4.69, 9.17) is 11.7 Å². The fourth-order valence-corrected chi connectivity index (χ4v) is 4.61. The number of imidazole rings is 1. The number of benzene rings is 1. The van der Waals surface area contributed by atoms with E-state index in [2.05, 4.69) is 20.4 Å². The van der Waals surface area contributed by atoms with Gasteiger partial charge in [0.2, 0.25) is 0 Å². The molecule has 0 unspecified atom stereocenters. The Bertz CT molecular complexity index is 1280. The summed E-state index contributed by atoms with van der Waals surface area (Å²) < 4.78 is 16.7.